The van der Waals surface area contributed by atoms with Crippen molar-refractivity contribution in [1.29, 1.82) is 0 Å². The summed E-state index contributed by atoms with van der Waals surface area (Å²) < 4.78 is 10.5. The number of aromatic carboxylic acids is 1. The maximum atomic E-state index is 12.0. The van der Waals surface area contributed by atoms with E-state index in [-0.39, 0.29) is 23.5 Å². The van der Waals surface area contributed by atoms with Crippen molar-refractivity contribution in [3.63, 3.8) is 0 Å². The molecule has 1 aliphatic carbocycles. The first kappa shape index (κ1) is 14.3. The Morgan fingerprint density at radius 3 is 2.80 bits per heavy atom. The van der Waals surface area contributed by atoms with Crippen LogP contribution in [0, 0.1) is 5.92 Å². The van der Waals surface area contributed by atoms with Gasteiger partial charge in [0.2, 0.25) is 5.91 Å². The Bertz CT molecular complexity index is 528. The summed E-state index contributed by atoms with van der Waals surface area (Å²) in [5, 5.41) is 11.7. The zero-order valence-electron chi connectivity index (χ0n) is 11.4. The maximum absolute atomic E-state index is 12.0. The molecule has 0 aromatic heterocycles. The second-order valence-corrected chi connectivity index (χ2v) is 4.55. The SMILES string of the molecule is CCOC1CC1C(=O)Nc1ccc(C(=O)O)cc1OC. The average Bonchev–Trinajstić information content (AvgIpc) is 3.18. The van der Waals surface area contributed by atoms with Gasteiger partial charge >= 0.3 is 5.97 Å². The van der Waals surface area contributed by atoms with Crippen molar-refractivity contribution in [2.24, 2.45) is 5.92 Å². The zero-order chi connectivity index (χ0) is 14.7. The van der Waals surface area contributed by atoms with E-state index in [2.05, 4.69) is 5.32 Å². The Balaban J connectivity index is 2.06. The van der Waals surface area contributed by atoms with E-state index >= 15 is 0 Å². The average molecular weight is 279 g/mol. The predicted octanol–water partition coefficient (Wildman–Crippen LogP) is 1.76. The first-order valence-corrected chi connectivity index (χ1v) is 6.40. The molecule has 1 fully saturated rings. The zero-order valence-corrected chi connectivity index (χ0v) is 11.4. The third kappa shape index (κ3) is 3.08. The molecule has 0 spiro atoms. The number of benzene rings is 1. The number of amides is 1. The minimum absolute atomic E-state index is 0.00992. The van der Waals surface area contributed by atoms with Crippen LogP contribution in [0.3, 0.4) is 0 Å². The first-order chi connectivity index (χ1) is 9.56. The van der Waals surface area contributed by atoms with Gasteiger partial charge in [0.15, 0.2) is 0 Å². The fraction of sp³-hybridized carbons (Fsp3) is 0.429. The van der Waals surface area contributed by atoms with Gasteiger partial charge in [0.05, 0.1) is 30.4 Å². The van der Waals surface area contributed by atoms with Gasteiger partial charge < -0.3 is 19.9 Å². The van der Waals surface area contributed by atoms with Crippen LogP contribution in [-0.4, -0.2) is 36.8 Å². The largest absolute Gasteiger partial charge is 0.495 e. The van der Waals surface area contributed by atoms with Crippen LogP contribution in [0.25, 0.3) is 0 Å². The minimum atomic E-state index is -1.04. The monoisotopic (exact) mass is 279 g/mol. The van der Waals surface area contributed by atoms with Gasteiger partial charge in [-0.15, -0.1) is 0 Å². The number of carbonyl (C=O) groups is 2. The van der Waals surface area contributed by atoms with Crippen LogP contribution < -0.4 is 10.1 Å². The van der Waals surface area contributed by atoms with Gasteiger partial charge in [-0.2, -0.15) is 0 Å². The van der Waals surface area contributed by atoms with Crippen LogP contribution >= 0.6 is 0 Å². The fourth-order valence-corrected chi connectivity index (χ4v) is 2.00. The van der Waals surface area contributed by atoms with Crippen LogP contribution in [0.1, 0.15) is 23.7 Å². The second-order valence-electron chi connectivity index (χ2n) is 4.55. The van der Waals surface area contributed by atoms with Crippen molar-refractivity contribution in [3.8, 4) is 5.75 Å². The molecule has 2 atom stereocenters. The molecule has 6 heteroatoms. The van der Waals surface area contributed by atoms with E-state index in [4.69, 9.17) is 14.6 Å². The molecule has 0 saturated heterocycles. The van der Waals surface area contributed by atoms with E-state index < -0.39 is 5.97 Å². The van der Waals surface area contributed by atoms with Gasteiger partial charge in [0, 0.05) is 6.61 Å². The number of ether oxygens (including phenoxy) is 2. The number of methoxy groups -OCH3 is 1. The van der Waals surface area contributed by atoms with Crippen molar-refractivity contribution in [3.05, 3.63) is 23.8 Å². The van der Waals surface area contributed by atoms with E-state index in [1.807, 2.05) is 6.92 Å². The third-order valence-corrected chi connectivity index (χ3v) is 3.16. The van der Waals surface area contributed by atoms with E-state index in [1.54, 1.807) is 0 Å². The normalized spacial score (nSPS) is 20.3. The van der Waals surface area contributed by atoms with Crippen molar-refractivity contribution >= 4 is 17.6 Å². The van der Waals surface area contributed by atoms with E-state index in [1.165, 1.54) is 25.3 Å². The molecule has 20 heavy (non-hydrogen) atoms. The molecule has 1 aliphatic rings. The molecule has 1 amide bonds. The van der Waals surface area contributed by atoms with E-state index in [0.717, 1.165) is 6.42 Å². The fourth-order valence-electron chi connectivity index (χ4n) is 2.00. The quantitative estimate of drug-likeness (QED) is 0.828. The lowest BCUT2D eigenvalue weighted by molar-refractivity contribution is -0.118. The Hall–Kier alpha value is -2.08. The summed E-state index contributed by atoms with van der Waals surface area (Å²) >= 11 is 0. The highest BCUT2D eigenvalue weighted by molar-refractivity contribution is 5.97. The van der Waals surface area contributed by atoms with Crippen molar-refractivity contribution in [1.82, 2.24) is 0 Å². The van der Waals surface area contributed by atoms with Crippen molar-refractivity contribution < 1.29 is 24.2 Å². The number of rotatable bonds is 6. The Morgan fingerprint density at radius 1 is 1.45 bits per heavy atom. The lowest BCUT2D eigenvalue weighted by Crippen LogP contribution is -2.17. The lowest BCUT2D eigenvalue weighted by Gasteiger charge is -2.10. The first-order valence-electron chi connectivity index (χ1n) is 6.40. The molecule has 2 unspecified atom stereocenters. The van der Waals surface area contributed by atoms with E-state index in [9.17, 15) is 9.59 Å². The van der Waals surface area contributed by atoms with Gasteiger partial charge in [-0.1, -0.05) is 0 Å². The standard InChI is InChI=1S/C14H17NO5/c1-3-20-11-7-9(11)13(16)15-10-5-4-8(14(17)18)6-12(10)19-2/h4-6,9,11H,3,7H2,1-2H3,(H,15,16)(H,17,18). The highest BCUT2D eigenvalue weighted by atomic mass is 16.5. The molecule has 6 nitrogen and oxygen atoms in total. The van der Waals surface area contributed by atoms with Crippen LogP contribution in [0.2, 0.25) is 0 Å². The highest BCUT2D eigenvalue weighted by Crippen LogP contribution is 2.36. The topological polar surface area (TPSA) is 84.9 Å². The number of nitrogens with one attached hydrogen (secondary N) is 1. The molecule has 0 aliphatic heterocycles. The summed E-state index contributed by atoms with van der Waals surface area (Å²) in [5.74, 6) is -0.990. The summed E-state index contributed by atoms with van der Waals surface area (Å²) in [5.41, 5.74) is 0.572. The Morgan fingerprint density at radius 2 is 2.20 bits per heavy atom. The number of anilines is 1. The number of carbonyl (C=O) groups excluding carboxylic acids is 1. The van der Waals surface area contributed by atoms with Gasteiger partial charge in [-0.3, -0.25) is 4.79 Å². The molecule has 1 aromatic carbocycles. The molecule has 1 aromatic rings. The maximum Gasteiger partial charge on any atom is 0.335 e. The smallest absolute Gasteiger partial charge is 0.335 e. The molecule has 1 saturated carbocycles. The third-order valence-electron chi connectivity index (χ3n) is 3.16. The summed E-state index contributed by atoms with van der Waals surface area (Å²) in [6, 6.07) is 4.33. The molecular weight excluding hydrogens is 262 g/mol. The number of hydrogen-bond donors (Lipinski definition) is 2. The molecule has 108 valence electrons. The van der Waals surface area contributed by atoms with Gasteiger partial charge in [-0.25, -0.2) is 4.79 Å². The molecular formula is C14H17NO5. The molecule has 0 bridgehead atoms. The van der Waals surface area contributed by atoms with Gasteiger partial charge in [-0.05, 0) is 31.5 Å². The lowest BCUT2D eigenvalue weighted by atomic mass is 10.2. The summed E-state index contributed by atoms with van der Waals surface area (Å²) in [6.07, 6.45) is 0.708. The highest BCUT2D eigenvalue weighted by Gasteiger charge is 2.44. The minimum Gasteiger partial charge on any atom is -0.495 e. The molecule has 2 N–H and O–H groups in total. The van der Waals surface area contributed by atoms with Crippen molar-refractivity contribution in [2.75, 3.05) is 19.0 Å². The molecule has 0 radical (unpaired) electrons. The summed E-state index contributed by atoms with van der Waals surface area (Å²) in [6.45, 7) is 2.48. The van der Waals surface area contributed by atoms with Gasteiger partial charge in [0.1, 0.15) is 5.75 Å². The van der Waals surface area contributed by atoms with Crippen LogP contribution in [0.5, 0.6) is 5.75 Å². The summed E-state index contributed by atoms with van der Waals surface area (Å²) in [4.78, 5) is 22.9. The van der Waals surface area contributed by atoms with E-state index in [0.29, 0.717) is 18.0 Å². The second kappa shape index (κ2) is 5.92. The number of carboxylic acids is 1. The molecule has 2 rings (SSSR count). The van der Waals surface area contributed by atoms with Crippen LogP contribution in [-0.2, 0) is 9.53 Å². The summed E-state index contributed by atoms with van der Waals surface area (Å²) in [7, 11) is 1.43. The Kier molecular flexibility index (Phi) is 4.24. The van der Waals surface area contributed by atoms with Crippen molar-refractivity contribution in [2.45, 2.75) is 19.4 Å². The Labute approximate surface area is 116 Å². The van der Waals surface area contributed by atoms with Crippen LogP contribution in [0.15, 0.2) is 18.2 Å². The van der Waals surface area contributed by atoms with Crippen LogP contribution in [0.4, 0.5) is 5.69 Å². The molecule has 0 heterocycles. The van der Waals surface area contributed by atoms with Gasteiger partial charge in [0.25, 0.3) is 0 Å². The number of carboxylic acid groups (broad SMARTS) is 1. The number of hydrogen-bond acceptors (Lipinski definition) is 4. The predicted molar refractivity (Wildman–Crippen MR) is 72.1 cm³/mol.